The molecule has 0 bridgehead atoms. The molecule has 1 aliphatic rings. The lowest BCUT2D eigenvalue weighted by atomic mass is 9.92. The molecular formula is C17H20F3NO4. The molecule has 2 atom stereocenters. The highest BCUT2D eigenvalue weighted by atomic mass is 19.4. The molecule has 25 heavy (non-hydrogen) atoms. The number of carbonyl (C=O) groups excluding carboxylic acids is 1. The van der Waals surface area contributed by atoms with Gasteiger partial charge in [0.05, 0.1) is 12.2 Å². The zero-order chi connectivity index (χ0) is 18.7. The number of nitrogens with one attached hydrogen (secondary N) is 1. The molecule has 0 aliphatic carbocycles. The van der Waals surface area contributed by atoms with Gasteiger partial charge < -0.3 is 15.2 Å². The molecule has 1 aliphatic heterocycles. The van der Waals surface area contributed by atoms with Gasteiger partial charge in [-0.05, 0) is 30.5 Å². The maximum Gasteiger partial charge on any atom is 0.416 e. The molecule has 2 rings (SSSR count). The molecule has 1 aromatic rings. The Hall–Kier alpha value is -2.09. The third kappa shape index (κ3) is 4.50. The molecule has 1 heterocycles. The van der Waals surface area contributed by atoms with Crippen molar-refractivity contribution >= 4 is 11.9 Å². The number of benzene rings is 1. The van der Waals surface area contributed by atoms with Gasteiger partial charge in [0.1, 0.15) is 0 Å². The van der Waals surface area contributed by atoms with Crippen LogP contribution in [0.25, 0.3) is 0 Å². The second-order valence-corrected chi connectivity index (χ2v) is 6.18. The van der Waals surface area contributed by atoms with Crippen LogP contribution in [-0.2, 0) is 26.9 Å². The average molecular weight is 359 g/mol. The largest absolute Gasteiger partial charge is 0.479 e. The van der Waals surface area contributed by atoms with Crippen LogP contribution < -0.4 is 5.32 Å². The van der Waals surface area contributed by atoms with Crippen LogP contribution in [0.2, 0.25) is 0 Å². The van der Waals surface area contributed by atoms with Crippen molar-refractivity contribution in [3.8, 4) is 0 Å². The highest BCUT2D eigenvalue weighted by Gasteiger charge is 2.44. The van der Waals surface area contributed by atoms with E-state index in [1.54, 1.807) is 6.92 Å². The second kappa shape index (κ2) is 7.43. The van der Waals surface area contributed by atoms with E-state index in [4.69, 9.17) is 4.74 Å². The SMILES string of the molecule is CCC(Cc1ccc(C(F)(F)F)cc1)C(=O)NC1(C(=O)O)CCOC1. The van der Waals surface area contributed by atoms with Crippen LogP contribution in [0, 0.1) is 5.92 Å². The van der Waals surface area contributed by atoms with Crippen molar-refractivity contribution in [1.82, 2.24) is 5.32 Å². The zero-order valence-electron chi connectivity index (χ0n) is 13.7. The van der Waals surface area contributed by atoms with Gasteiger partial charge in [-0.25, -0.2) is 4.79 Å². The molecule has 1 aromatic carbocycles. The average Bonchev–Trinajstić information content (AvgIpc) is 3.02. The number of ether oxygens (including phenoxy) is 1. The predicted octanol–water partition coefficient (Wildman–Crippen LogP) is 2.63. The molecule has 2 unspecified atom stereocenters. The summed E-state index contributed by atoms with van der Waals surface area (Å²) in [4.78, 5) is 23.9. The Balaban J connectivity index is 2.06. The van der Waals surface area contributed by atoms with E-state index in [1.807, 2.05) is 0 Å². The molecule has 0 spiro atoms. The van der Waals surface area contributed by atoms with E-state index in [0.29, 0.717) is 12.0 Å². The second-order valence-electron chi connectivity index (χ2n) is 6.18. The number of halogens is 3. The lowest BCUT2D eigenvalue weighted by Crippen LogP contribution is -2.56. The van der Waals surface area contributed by atoms with Crippen LogP contribution >= 0.6 is 0 Å². The highest BCUT2D eigenvalue weighted by Crippen LogP contribution is 2.29. The van der Waals surface area contributed by atoms with Gasteiger partial charge in [0, 0.05) is 18.9 Å². The van der Waals surface area contributed by atoms with Crippen LogP contribution in [0.4, 0.5) is 13.2 Å². The fourth-order valence-corrected chi connectivity index (χ4v) is 2.76. The Labute approximate surface area is 143 Å². The smallest absolute Gasteiger partial charge is 0.416 e. The monoisotopic (exact) mass is 359 g/mol. The lowest BCUT2D eigenvalue weighted by molar-refractivity contribution is -0.148. The van der Waals surface area contributed by atoms with E-state index >= 15 is 0 Å². The molecular weight excluding hydrogens is 339 g/mol. The number of carboxylic acids is 1. The van der Waals surface area contributed by atoms with Gasteiger partial charge in [-0.3, -0.25) is 4.79 Å². The Kier molecular flexibility index (Phi) is 5.72. The van der Waals surface area contributed by atoms with E-state index in [2.05, 4.69) is 5.32 Å². The number of alkyl halides is 3. The highest BCUT2D eigenvalue weighted by molar-refractivity contribution is 5.88. The van der Waals surface area contributed by atoms with Crippen LogP contribution in [0.15, 0.2) is 24.3 Å². The molecule has 5 nitrogen and oxygen atoms in total. The van der Waals surface area contributed by atoms with Crippen molar-refractivity contribution in [2.24, 2.45) is 5.92 Å². The Morgan fingerprint density at radius 3 is 2.40 bits per heavy atom. The number of hydrogen-bond acceptors (Lipinski definition) is 3. The van der Waals surface area contributed by atoms with Crippen molar-refractivity contribution in [1.29, 1.82) is 0 Å². The number of amides is 1. The summed E-state index contributed by atoms with van der Waals surface area (Å²) in [6.07, 6.45) is -3.55. The minimum Gasteiger partial charge on any atom is -0.479 e. The Morgan fingerprint density at radius 2 is 1.96 bits per heavy atom. The number of aliphatic carboxylic acids is 1. The molecule has 8 heteroatoms. The van der Waals surface area contributed by atoms with Gasteiger partial charge in [-0.15, -0.1) is 0 Å². The van der Waals surface area contributed by atoms with E-state index < -0.39 is 35.1 Å². The summed E-state index contributed by atoms with van der Waals surface area (Å²) < 4.78 is 42.9. The first-order valence-electron chi connectivity index (χ1n) is 7.97. The molecule has 2 N–H and O–H groups in total. The number of hydrogen-bond donors (Lipinski definition) is 2. The normalized spacial score (nSPS) is 21.8. The summed E-state index contributed by atoms with van der Waals surface area (Å²) in [5, 5.41) is 11.9. The minimum atomic E-state index is -4.41. The molecule has 0 saturated carbocycles. The molecule has 0 radical (unpaired) electrons. The summed E-state index contributed by atoms with van der Waals surface area (Å²) in [7, 11) is 0. The van der Waals surface area contributed by atoms with Gasteiger partial charge in [0.2, 0.25) is 5.91 Å². The first-order valence-corrected chi connectivity index (χ1v) is 7.97. The third-order valence-corrected chi connectivity index (χ3v) is 4.42. The molecule has 138 valence electrons. The van der Waals surface area contributed by atoms with Gasteiger partial charge in [-0.1, -0.05) is 19.1 Å². The molecule has 1 fully saturated rings. The quantitative estimate of drug-likeness (QED) is 0.819. The van der Waals surface area contributed by atoms with Crippen molar-refractivity contribution in [3.05, 3.63) is 35.4 Å². The molecule has 1 amide bonds. The summed E-state index contributed by atoms with van der Waals surface area (Å²) in [5.41, 5.74) is -1.59. The van der Waals surface area contributed by atoms with Crippen LogP contribution in [0.1, 0.15) is 30.9 Å². The minimum absolute atomic E-state index is 0.0925. The number of carbonyl (C=O) groups is 2. The van der Waals surface area contributed by atoms with E-state index in [1.165, 1.54) is 12.1 Å². The topological polar surface area (TPSA) is 75.6 Å². The van der Waals surface area contributed by atoms with Crippen LogP contribution in [0.5, 0.6) is 0 Å². The first kappa shape index (κ1) is 19.2. The van der Waals surface area contributed by atoms with Crippen molar-refractivity contribution < 1.29 is 32.6 Å². The molecule has 0 aromatic heterocycles. The first-order chi connectivity index (χ1) is 11.7. The summed E-state index contributed by atoms with van der Waals surface area (Å²) in [6.45, 7) is 1.93. The lowest BCUT2D eigenvalue weighted by Gasteiger charge is -2.26. The summed E-state index contributed by atoms with van der Waals surface area (Å²) >= 11 is 0. The number of rotatable bonds is 6. The van der Waals surface area contributed by atoms with Crippen LogP contribution in [-0.4, -0.2) is 35.7 Å². The standard InChI is InChI=1S/C17H20F3NO4/c1-2-12(9-11-3-5-13(6-4-11)17(18,19)20)14(22)21-16(15(23)24)7-8-25-10-16/h3-6,12H,2,7-10H2,1H3,(H,21,22)(H,23,24). The maximum absolute atomic E-state index is 12.6. The van der Waals surface area contributed by atoms with Gasteiger partial charge >= 0.3 is 12.1 Å². The van der Waals surface area contributed by atoms with Gasteiger partial charge in [-0.2, -0.15) is 13.2 Å². The molecule has 1 saturated heterocycles. The third-order valence-electron chi connectivity index (χ3n) is 4.42. The van der Waals surface area contributed by atoms with Crippen LogP contribution in [0.3, 0.4) is 0 Å². The summed E-state index contributed by atoms with van der Waals surface area (Å²) in [6, 6.07) is 4.63. The van der Waals surface area contributed by atoms with Gasteiger partial charge in [0.15, 0.2) is 5.54 Å². The van der Waals surface area contributed by atoms with Crippen molar-refractivity contribution in [2.75, 3.05) is 13.2 Å². The maximum atomic E-state index is 12.6. The zero-order valence-corrected chi connectivity index (χ0v) is 13.7. The van der Waals surface area contributed by atoms with E-state index in [9.17, 15) is 27.9 Å². The predicted molar refractivity (Wildman–Crippen MR) is 82.9 cm³/mol. The Morgan fingerprint density at radius 1 is 1.32 bits per heavy atom. The fraction of sp³-hybridized carbons (Fsp3) is 0.529. The number of carboxylic acid groups (broad SMARTS) is 1. The van der Waals surface area contributed by atoms with E-state index in [-0.39, 0.29) is 26.1 Å². The van der Waals surface area contributed by atoms with Crippen molar-refractivity contribution in [3.63, 3.8) is 0 Å². The summed E-state index contributed by atoms with van der Waals surface area (Å²) in [5.74, 6) is -2.12. The Bertz CT molecular complexity index is 622. The van der Waals surface area contributed by atoms with Gasteiger partial charge in [0.25, 0.3) is 0 Å². The van der Waals surface area contributed by atoms with Crippen molar-refractivity contribution in [2.45, 2.75) is 37.9 Å². The fourth-order valence-electron chi connectivity index (χ4n) is 2.76. The van der Waals surface area contributed by atoms with E-state index in [0.717, 1.165) is 12.1 Å².